The number of nitrogens with zero attached hydrogens (tertiary/aromatic N) is 1. The summed E-state index contributed by atoms with van der Waals surface area (Å²) in [6, 6.07) is 7.14. The number of halogens is 1. The molecule has 2 aromatic heterocycles. The van der Waals surface area contributed by atoms with E-state index in [1.807, 2.05) is 6.07 Å². The molecule has 0 aliphatic carbocycles. The fraction of sp³-hybridized carbons (Fsp3) is 0.333. The zero-order chi connectivity index (χ0) is 17.6. The van der Waals surface area contributed by atoms with Crippen LogP contribution in [0.25, 0.3) is 21.0 Å². The lowest BCUT2D eigenvalue weighted by Crippen LogP contribution is -2.31. The number of fused-ring (bicyclic) bond motifs is 3. The van der Waals surface area contributed by atoms with Crippen LogP contribution in [0.15, 0.2) is 29.1 Å². The van der Waals surface area contributed by atoms with Crippen molar-refractivity contribution in [2.45, 2.75) is 18.9 Å². The number of carbonyl (C=O) groups is 1. The van der Waals surface area contributed by atoms with E-state index in [1.54, 1.807) is 29.8 Å². The van der Waals surface area contributed by atoms with Crippen LogP contribution in [0.5, 0.6) is 0 Å². The van der Waals surface area contributed by atoms with Gasteiger partial charge in [-0.05, 0) is 37.1 Å². The summed E-state index contributed by atoms with van der Waals surface area (Å²) in [5.41, 5.74) is 0.636. The van der Waals surface area contributed by atoms with E-state index in [2.05, 4.69) is 5.32 Å². The molecule has 5 nitrogen and oxygen atoms in total. The number of hydrogen-bond acceptors (Lipinski definition) is 4. The Bertz CT molecular complexity index is 1030. The average molecular weight is 377 g/mol. The zero-order valence-corrected chi connectivity index (χ0v) is 15.2. The number of nitrogens with one attached hydrogen (secondary N) is 1. The van der Waals surface area contributed by atoms with Crippen LogP contribution in [-0.4, -0.2) is 29.7 Å². The van der Waals surface area contributed by atoms with Gasteiger partial charge in [-0.1, -0.05) is 11.6 Å². The summed E-state index contributed by atoms with van der Waals surface area (Å²) >= 11 is 7.40. The molecule has 1 amide bonds. The fourth-order valence-electron chi connectivity index (χ4n) is 3.23. The second kappa shape index (κ2) is 6.44. The van der Waals surface area contributed by atoms with Crippen molar-refractivity contribution in [3.8, 4) is 0 Å². The second-order valence-electron chi connectivity index (χ2n) is 6.22. The minimum absolute atomic E-state index is 0.0918. The average Bonchev–Trinajstić information content (AvgIpc) is 3.27. The number of aromatic nitrogens is 1. The summed E-state index contributed by atoms with van der Waals surface area (Å²) in [7, 11) is 1.72. The molecule has 3 aromatic rings. The van der Waals surface area contributed by atoms with Gasteiger partial charge in [0.25, 0.3) is 11.5 Å². The molecule has 0 radical (unpaired) electrons. The molecule has 1 saturated heterocycles. The van der Waals surface area contributed by atoms with Gasteiger partial charge in [0.1, 0.15) is 0 Å². The Hall–Kier alpha value is -1.89. The number of rotatable bonds is 3. The largest absolute Gasteiger partial charge is 0.376 e. The Morgan fingerprint density at radius 2 is 2.24 bits per heavy atom. The minimum Gasteiger partial charge on any atom is -0.376 e. The first-order valence-corrected chi connectivity index (χ1v) is 9.35. The van der Waals surface area contributed by atoms with E-state index in [4.69, 9.17) is 16.3 Å². The predicted octanol–water partition coefficient (Wildman–Crippen LogP) is 3.32. The van der Waals surface area contributed by atoms with Crippen LogP contribution in [0, 0.1) is 0 Å². The molecule has 0 saturated carbocycles. The second-order valence-corrected chi connectivity index (χ2v) is 7.71. The van der Waals surface area contributed by atoms with E-state index >= 15 is 0 Å². The number of thiophene rings is 1. The summed E-state index contributed by atoms with van der Waals surface area (Å²) in [5.74, 6) is -0.166. The first-order valence-electron chi connectivity index (χ1n) is 8.16. The lowest BCUT2D eigenvalue weighted by Gasteiger charge is -2.09. The topological polar surface area (TPSA) is 60.3 Å². The van der Waals surface area contributed by atoms with Crippen molar-refractivity contribution in [3.05, 3.63) is 44.5 Å². The number of ether oxygens (including phenoxy) is 1. The SMILES string of the molecule is Cn1c(=O)c2cc(C(=O)NCC3CCCO3)sc2c2ccc(Cl)cc21. The van der Waals surface area contributed by atoms with Crippen LogP contribution in [0.4, 0.5) is 0 Å². The maximum Gasteiger partial charge on any atom is 0.261 e. The van der Waals surface area contributed by atoms with E-state index in [9.17, 15) is 9.59 Å². The van der Waals surface area contributed by atoms with Gasteiger partial charge in [-0.25, -0.2) is 0 Å². The molecule has 0 bridgehead atoms. The number of aryl methyl sites for hydroxylation is 1. The van der Waals surface area contributed by atoms with Gasteiger partial charge in [-0.3, -0.25) is 9.59 Å². The van der Waals surface area contributed by atoms with Crippen molar-refractivity contribution in [2.75, 3.05) is 13.2 Å². The van der Waals surface area contributed by atoms with Crippen molar-refractivity contribution in [2.24, 2.45) is 7.05 Å². The maximum atomic E-state index is 12.6. The van der Waals surface area contributed by atoms with Crippen molar-refractivity contribution in [1.29, 1.82) is 0 Å². The van der Waals surface area contributed by atoms with E-state index < -0.39 is 0 Å². The highest BCUT2D eigenvalue weighted by molar-refractivity contribution is 7.21. The number of carbonyl (C=O) groups excluding carboxylic acids is 1. The van der Waals surface area contributed by atoms with Gasteiger partial charge in [0.15, 0.2) is 0 Å². The quantitative estimate of drug-likeness (QED) is 0.762. The molecule has 1 fully saturated rings. The normalized spacial score (nSPS) is 17.4. The van der Waals surface area contributed by atoms with E-state index in [0.717, 1.165) is 35.1 Å². The molecule has 0 spiro atoms. The first kappa shape index (κ1) is 16.6. The highest BCUT2D eigenvalue weighted by atomic mass is 35.5. The fourth-order valence-corrected chi connectivity index (χ4v) is 4.49. The van der Waals surface area contributed by atoms with Gasteiger partial charge in [-0.15, -0.1) is 11.3 Å². The van der Waals surface area contributed by atoms with Crippen LogP contribution in [0.1, 0.15) is 22.5 Å². The van der Waals surface area contributed by atoms with Crippen molar-refractivity contribution in [1.82, 2.24) is 9.88 Å². The number of hydrogen-bond donors (Lipinski definition) is 1. The number of pyridine rings is 1. The molecule has 4 rings (SSSR count). The molecule has 3 heterocycles. The maximum absolute atomic E-state index is 12.6. The van der Waals surface area contributed by atoms with Gasteiger partial charge in [0.2, 0.25) is 0 Å². The molecule has 1 aliphatic rings. The monoisotopic (exact) mass is 376 g/mol. The summed E-state index contributed by atoms with van der Waals surface area (Å²) in [5, 5.41) is 4.97. The third kappa shape index (κ3) is 2.94. The summed E-state index contributed by atoms with van der Waals surface area (Å²) < 4.78 is 7.92. The minimum atomic E-state index is -0.166. The molecule has 1 atom stereocenters. The summed E-state index contributed by atoms with van der Waals surface area (Å²) in [4.78, 5) is 25.6. The molecular weight excluding hydrogens is 360 g/mol. The standard InChI is InChI=1S/C18H17ClN2O3S/c1-21-14-7-10(19)4-5-12(14)16-13(18(21)23)8-15(25-16)17(22)20-9-11-3-2-6-24-11/h4-5,7-8,11H,2-3,6,9H2,1H3,(H,20,22). The number of amides is 1. The highest BCUT2D eigenvalue weighted by Crippen LogP contribution is 2.31. The molecule has 130 valence electrons. The molecule has 1 unspecified atom stereocenters. The Morgan fingerprint density at radius 1 is 1.40 bits per heavy atom. The zero-order valence-electron chi connectivity index (χ0n) is 13.7. The molecule has 1 N–H and O–H groups in total. The molecule has 7 heteroatoms. The van der Waals surface area contributed by atoms with Gasteiger partial charge < -0.3 is 14.6 Å². The third-order valence-electron chi connectivity index (χ3n) is 4.57. The van der Waals surface area contributed by atoms with Gasteiger partial charge in [0, 0.05) is 35.3 Å². The Morgan fingerprint density at radius 3 is 3.00 bits per heavy atom. The molecule has 1 aliphatic heterocycles. The third-order valence-corrected chi connectivity index (χ3v) is 5.97. The van der Waals surface area contributed by atoms with Crippen LogP contribution < -0.4 is 10.9 Å². The lowest BCUT2D eigenvalue weighted by atomic mass is 10.1. The van der Waals surface area contributed by atoms with Crippen LogP contribution in [0.2, 0.25) is 5.02 Å². The van der Waals surface area contributed by atoms with Crippen LogP contribution >= 0.6 is 22.9 Å². The summed E-state index contributed by atoms with van der Waals surface area (Å²) in [6.45, 7) is 1.26. The number of benzene rings is 1. The molecule has 25 heavy (non-hydrogen) atoms. The van der Waals surface area contributed by atoms with Crippen molar-refractivity contribution in [3.63, 3.8) is 0 Å². The molecular formula is C18H17ClN2O3S. The van der Waals surface area contributed by atoms with Gasteiger partial charge in [-0.2, -0.15) is 0 Å². The van der Waals surface area contributed by atoms with Crippen LogP contribution in [-0.2, 0) is 11.8 Å². The van der Waals surface area contributed by atoms with Crippen molar-refractivity contribution < 1.29 is 9.53 Å². The van der Waals surface area contributed by atoms with E-state index in [0.29, 0.717) is 21.8 Å². The Kier molecular flexibility index (Phi) is 4.27. The Balaban J connectivity index is 1.74. The highest BCUT2D eigenvalue weighted by Gasteiger charge is 2.19. The Labute approximate surface area is 153 Å². The lowest BCUT2D eigenvalue weighted by molar-refractivity contribution is 0.0861. The first-order chi connectivity index (χ1) is 12.0. The van der Waals surface area contributed by atoms with Gasteiger partial charge >= 0.3 is 0 Å². The predicted molar refractivity (Wildman–Crippen MR) is 101 cm³/mol. The smallest absolute Gasteiger partial charge is 0.261 e. The van der Waals surface area contributed by atoms with E-state index in [-0.39, 0.29) is 17.6 Å². The molecule has 1 aromatic carbocycles. The van der Waals surface area contributed by atoms with Crippen LogP contribution in [0.3, 0.4) is 0 Å². The van der Waals surface area contributed by atoms with E-state index in [1.165, 1.54) is 11.3 Å². The van der Waals surface area contributed by atoms with Crippen molar-refractivity contribution >= 4 is 49.8 Å². The van der Waals surface area contributed by atoms with Gasteiger partial charge in [0.05, 0.1) is 21.9 Å². The summed E-state index contributed by atoms with van der Waals surface area (Å²) in [6.07, 6.45) is 2.10.